The molecule has 0 saturated carbocycles. The highest BCUT2D eigenvalue weighted by atomic mass is 79.9. The summed E-state index contributed by atoms with van der Waals surface area (Å²) in [5.41, 5.74) is 2.40. The summed E-state index contributed by atoms with van der Waals surface area (Å²) in [5.74, 6) is 0.655. The van der Waals surface area contributed by atoms with Gasteiger partial charge in [-0.15, -0.1) is 0 Å². The quantitative estimate of drug-likeness (QED) is 0.508. The van der Waals surface area contributed by atoms with Gasteiger partial charge in [0.25, 0.3) is 5.91 Å². The van der Waals surface area contributed by atoms with Crippen molar-refractivity contribution in [2.75, 3.05) is 0 Å². The Morgan fingerprint density at radius 3 is 2.52 bits per heavy atom. The Balaban J connectivity index is 1.55. The van der Waals surface area contributed by atoms with Gasteiger partial charge >= 0.3 is 0 Å². The minimum Gasteiger partial charge on any atom is -0.488 e. The van der Waals surface area contributed by atoms with Crippen molar-refractivity contribution in [2.24, 2.45) is 0 Å². The molecule has 0 spiro atoms. The second-order valence-electron chi connectivity index (χ2n) is 5.88. The number of nitrogens with one attached hydrogen (secondary N) is 1. The van der Waals surface area contributed by atoms with Crippen LogP contribution in [0.5, 0.6) is 5.75 Å². The van der Waals surface area contributed by atoms with Gasteiger partial charge in [-0.1, -0.05) is 24.3 Å². The molecule has 0 unspecified atom stereocenters. The molecule has 1 heterocycles. The number of amides is 1. The maximum Gasteiger partial charge on any atom is 0.251 e. The fourth-order valence-corrected chi connectivity index (χ4v) is 3.32. The molecular formula is C20H19Br2N3O2. The SMILES string of the molecule is CCn1cc(Br)c(CNC(=O)c2ccc(COc3ccccc3Br)cc2)n1. The molecule has 0 aliphatic rings. The van der Waals surface area contributed by atoms with Crippen molar-refractivity contribution in [1.82, 2.24) is 15.1 Å². The lowest BCUT2D eigenvalue weighted by molar-refractivity contribution is 0.0950. The number of ether oxygens (including phenoxy) is 1. The van der Waals surface area contributed by atoms with E-state index in [0.29, 0.717) is 18.7 Å². The van der Waals surface area contributed by atoms with Crippen LogP contribution in [-0.2, 0) is 19.7 Å². The fraction of sp³-hybridized carbons (Fsp3) is 0.200. The molecule has 0 aliphatic carbocycles. The zero-order valence-corrected chi connectivity index (χ0v) is 18.0. The monoisotopic (exact) mass is 491 g/mol. The van der Waals surface area contributed by atoms with Crippen LogP contribution in [0.2, 0.25) is 0 Å². The van der Waals surface area contributed by atoms with E-state index in [1.807, 2.05) is 54.2 Å². The Hall–Kier alpha value is -2.12. The van der Waals surface area contributed by atoms with E-state index in [-0.39, 0.29) is 5.91 Å². The van der Waals surface area contributed by atoms with Crippen LogP contribution in [0.25, 0.3) is 0 Å². The Labute approximate surface area is 175 Å². The lowest BCUT2D eigenvalue weighted by Gasteiger charge is -2.09. The predicted octanol–water partition coefficient (Wildman–Crippen LogP) is 4.94. The molecule has 0 radical (unpaired) electrons. The summed E-state index contributed by atoms with van der Waals surface area (Å²) in [7, 11) is 0. The van der Waals surface area contributed by atoms with Crippen molar-refractivity contribution >= 4 is 37.8 Å². The van der Waals surface area contributed by atoms with Gasteiger partial charge in [0.2, 0.25) is 0 Å². The van der Waals surface area contributed by atoms with E-state index in [4.69, 9.17) is 4.74 Å². The summed E-state index contributed by atoms with van der Waals surface area (Å²) in [6.07, 6.45) is 1.90. The molecule has 3 rings (SSSR count). The van der Waals surface area contributed by atoms with Crippen molar-refractivity contribution in [1.29, 1.82) is 0 Å². The highest BCUT2D eigenvalue weighted by Crippen LogP contribution is 2.24. The third-order valence-corrected chi connectivity index (χ3v) is 5.29. The number of halogens is 2. The normalized spacial score (nSPS) is 10.6. The molecule has 2 aromatic carbocycles. The van der Waals surface area contributed by atoms with Crippen LogP contribution >= 0.6 is 31.9 Å². The number of aryl methyl sites for hydroxylation is 1. The first-order valence-electron chi connectivity index (χ1n) is 8.53. The third kappa shape index (κ3) is 5.20. The first-order chi connectivity index (χ1) is 13.1. The van der Waals surface area contributed by atoms with Crippen molar-refractivity contribution < 1.29 is 9.53 Å². The predicted molar refractivity (Wildman–Crippen MR) is 112 cm³/mol. The van der Waals surface area contributed by atoms with Gasteiger partial charge in [0.1, 0.15) is 12.4 Å². The Morgan fingerprint density at radius 2 is 1.85 bits per heavy atom. The number of nitrogens with zero attached hydrogens (tertiary/aromatic N) is 2. The van der Waals surface area contributed by atoms with E-state index >= 15 is 0 Å². The van der Waals surface area contributed by atoms with E-state index in [1.54, 1.807) is 12.1 Å². The van der Waals surface area contributed by atoms with Crippen molar-refractivity contribution in [3.05, 3.63) is 80.5 Å². The van der Waals surface area contributed by atoms with Crippen LogP contribution in [0.1, 0.15) is 28.5 Å². The number of carbonyl (C=O) groups excluding carboxylic acids is 1. The lowest BCUT2D eigenvalue weighted by Crippen LogP contribution is -2.23. The van der Waals surface area contributed by atoms with Crippen LogP contribution in [-0.4, -0.2) is 15.7 Å². The van der Waals surface area contributed by atoms with Gasteiger partial charge in [-0.25, -0.2) is 0 Å². The van der Waals surface area contributed by atoms with Gasteiger partial charge in [0.15, 0.2) is 0 Å². The second-order valence-corrected chi connectivity index (χ2v) is 7.59. The summed E-state index contributed by atoms with van der Waals surface area (Å²) in [4.78, 5) is 12.3. The number of rotatable bonds is 7. The molecule has 0 bridgehead atoms. The standard InChI is InChI=1S/C20H19Br2N3O2/c1-2-25-12-17(22)18(24-25)11-23-20(26)15-9-7-14(8-10-15)13-27-19-6-4-3-5-16(19)21/h3-10,12H,2,11,13H2,1H3,(H,23,26). The van der Waals surface area contributed by atoms with Gasteiger partial charge in [-0.05, 0) is 68.6 Å². The molecule has 27 heavy (non-hydrogen) atoms. The minimum absolute atomic E-state index is 0.133. The van der Waals surface area contributed by atoms with Crippen molar-refractivity contribution in [3.8, 4) is 5.75 Å². The minimum atomic E-state index is -0.133. The molecule has 0 saturated heterocycles. The maximum atomic E-state index is 12.3. The number of hydrogen-bond acceptors (Lipinski definition) is 3. The molecule has 1 amide bonds. The molecule has 1 aromatic heterocycles. The highest BCUT2D eigenvalue weighted by Gasteiger charge is 2.10. The van der Waals surface area contributed by atoms with Crippen LogP contribution in [0.4, 0.5) is 0 Å². The van der Waals surface area contributed by atoms with Crippen LogP contribution in [0, 0.1) is 0 Å². The molecule has 0 atom stereocenters. The number of carbonyl (C=O) groups is 1. The zero-order chi connectivity index (χ0) is 19.2. The van der Waals surface area contributed by atoms with Crippen molar-refractivity contribution in [3.63, 3.8) is 0 Å². The van der Waals surface area contributed by atoms with Crippen LogP contribution in [0.15, 0.2) is 63.7 Å². The molecule has 0 aliphatic heterocycles. The molecule has 5 nitrogen and oxygen atoms in total. The Morgan fingerprint density at radius 1 is 1.11 bits per heavy atom. The van der Waals surface area contributed by atoms with E-state index in [2.05, 4.69) is 42.3 Å². The van der Waals surface area contributed by atoms with Crippen molar-refractivity contribution in [2.45, 2.75) is 26.6 Å². The summed E-state index contributed by atoms with van der Waals surface area (Å²) in [6.45, 7) is 3.62. The topological polar surface area (TPSA) is 56.2 Å². The van der Waals surface area contributed by atoms with Gasteiger partial charge < -0.3 is 10.1 Å². The zero-order valence-electron chi connectivity index (χ0n) is 14.8. The smallest absolute Gasteiger partial charge is 0.251 e. The molecule has 3 aromatic rings. The molecule has 1 N–H and O–H groups in total. The van der Waals surface area contributed by atoms with Gasteiger partial charge in [0.05, 0.1) is 21.2 Å². The average Bonchev–Trinajstić information content (AvgIpc) is 3.06. The molecular weight excluding hydrogens is 474 g/mol. The number of hydrogen-bond donors (Lipinski definition) is 1. The summed E-state index contributed by atoms with van der Waals surface area (Å²) in [6, 6.07) is 15.1. The van der Waals surface area contributed by atoms with Gasteiger partial charge in [0, 0.05) is 18.3 Å². The van der Waals surface area contributed by atoms with Gasteiger partial charge in [-0.2, -0.15) is 5.10 Å². The van der Waals surface area contributed by atoms with E-state index in [0.717, 1.165) is 32.5 Å². The maximum absolute atomic E-state index is 12.3. The van der Waals surface area contributed by atoms with Crippen LogP contribution in [0.3, 0.4) is 0 Å². The Kier molecular flexibility index (Phi) is 6.68. The summed E-state index contributed by atoms with van der Waals surface area (Å²) < 4.78 is 9.42. The average molecular weight is 493 g/mol. The Bertz CT molecular complexity index is 923. The molecule has 140 valence electrons. The summed E-state index contributed by atoms with van der Waals surface area (Å²) >= 11 is 6.92. The number of aromatic nitrogens is 2. The van der Waals surface area contributed by atoms with Gasteiger partial charge in [-0.3, -0.25) is 9.48 Å². The highest BCUT2D eigenvalue weighted by molar-refractivity contribution is 9.10. The lowest BCUT2D eigenvalue weighted by atomic mass is 10.1. The third-order valence-electron chi connectivity index (χ3n) is 3.97. The number of para-hydroxylation sites is 1. The van der Waals surface area contributed by atoms with Crippen LogP contribution < -0.4 is 10.1 Å². The fourth-order valence-electron chi connectivity index (χ4n) is 2.46. The second kappa shape index (κ2) is 9.19. The van der Waals surface area contributed by atoms with E-state index in [1.165, 1.54) is 0 Å². The first kappa shape index (κ1) is 19.6. The summed E-state index contributed by atoms with van der Waals surface area (Å²) in [5, 5.41) is 7.30. The van der Waals surface area contributed by atoms with E-state index < -0.39 is 0 Å². The number of benzene rings is 2. The molecule has 7 heteroatoms. The largest absolute Gasteiger partial charge is 0.488 e. The molecule has 0 fully saturated rings. The van der Waals surface area contributed by atoms with E-state index in [9.17, 15) is 4.79 Å². The first-order valence-corrected chi connectivity index (χ1v) is 10.1.